The lowest BCUT2D eigenvalue weighted by Gasteiger charge is -2.01. The van der Waals surface area contributed by atoms with Gasteiger partial charge in [0.25, 0.3) is 11.4 Å². The summed E-state index contributed by atoms with van der Waals surface area (Å²) in [7, 11) is 0. The van der Waals surface area contributed by atoms with E-state index in [2.05, 4.69) is 6.92 Å². The highest BCUT2D eigenvalue weighted by atomic mass is 16.6. The molecule has 0 aromatic rings. The Kier molecular flexibility index (Phi) is 15.3. The van der Waals surface area contributed by atoms with Crippen LogP contribution in [0.2, 0.25) is 0 Å². The lowest BCUT2D eigenvalue weighted by molar-refractivity contribution is -0.450. The largest absolute Gasteiger partial charge is 0.291 e. The van der Waals surface area contributed by atoms with E-state index in [9.17, 15) is 35.1 Å². The highest BCUT2D eigenvalue weighted by Crippen LogP contribution is 2.17. The maximum absolute atomic E-state index is 11.2. The van der Waals surface area contributed by atoms with Crippen molar-refractivity contribution in [2.75, 3.05) is 0 Å². The van der Waals surface area contributed by atoms with Gasteiger partial charge in [-0.3, -0.25) is 35.1 Å². The average molecular weight is 424 g/mol. The van der Waals surface area contributed by atoms with Gasteiger partial charge in [-0.25, -0.2) is 0 Å². The maximum atomic E-state index is 11.2. The Morgan fingerprint density at radius 3 is 1.87 bits per heavy atom. The van der Waals surface area contributed by atoms with Crippen molar-refractivity contribution < 1.29 is 19.6 Å². The highest BCUT2D eigenvalue weighted by molar-refractivity contribution is 5.50. The smallest absolute Gasteiger partial charge is 0.253 e. The Balaban J connectivity index is 4.97. The number of carbonyl (C=O) groups excluding carboxylic acids is 1. The van der Waals surface area contributed by atoms with Gasteiger partial charge in [-0.05, 0) is 43.9 Å². The molecule has 0 bridgehead atoms. The average Bonchev–Trinajstić information content (AvgIpc) is 2.69. The molecule has 30 heavy (non-hydrogen) atoms. The molecule has 0 spiro atoms. The fraction of sp³-hybridized carbons (Fsp3) is 0.650. The van der Waals surface area contributed by atoms with E-state index in [4.69, 9.17) is 0 Å². The van der Waals surface area contributed by atoms with Crippen LogP contribution < -0.4 is 0 Å². The zero-order chi connectivity index (χ0) is 22.8. The quantitative estimate of drug-likeness (QED) is 0.165. The van der Waals surface area contributed by atoms with E-state index in [-0.39, 0.29) is 37.1 Å². The van der Waals surface area contributed by atoms with Gasteiger partial charge in [0.05, 0.1) is 14.8 Å². The fourth-order valence-corrected chi connectivity index (χ4v) is 2.74. The fourth-order valence-electron chi connectivity index (χ4n) is 2.74. The van der Waals surface area contributed by atoms with Gasteiger partial charge < -0.3 is 0 Å². The number of unbranched alkanes of at least 4 members (excludes halogenated alkanes) is 7. The van der Waals surface area contributed by atoms with Gasteiger partial charge in [0.15, 0.2) is 6.29 Å². The van der Waals surface area contributed by atoms with Crippen LogP contribution in [0.25, 0.3) is 0 Å². The number of hydrogen-bond donors (Lipinski definition) is 0. The summed E-state index contributed by atoms with van der Waals surface area (Å²) < 4.78 is 0. The van der Waals surface area contributed by atoms with E-state index in [1.54, 1.807) is 6.29 Å². The van der Waals surface area contributed by atoms with Gasteiger partial charge in [0.1, 0.15) is 6.42 Å². The summed E-state index contributed by atoms with van der Waals surface area (Å²) >= 11 is 0. The minimum absolute atomic E-state index is 0.000376. The summed E-state index contributed by atoms with van der Waals surface area (Å²) in [6, 6.07) is 0. The van der Waals surface area contributed by atoms with Crippen molar-refractivity contribution in [3.05, 3.63) is 65.7 Å². The van der Waals surface area contributed by atoms with E-state index < -0.39 is 26.9 Å². The van der Waals surface area contributed by atoms with Crippen molar-refractivity contribution in [3.8, 4) is 0 Å². The molecule has 0 aliphatic heterocycles. The molecule has 167 valence electrons. The van der Waals surface area contributed by atoms with Crippen LogP contribution in [0.5, 0.6) is 0 Å². The first-order chi connectivity index (χ1) is 14.3. The number of nitrogens with zero attached hydrogens (tertiary/aromatic N) is 3. The van der Waals surface area contributed by atoms with Crippen LogP contribution in [0.4, 0.5) is 0 Å². The second-order valence-corrected chi connectivity index (χ2v) is 6.82. The molecular weight excluding hydrogens is 394 g/mol. The molecule has 0 saturated carbocycles. The molecule has 10 nitrogen and oxygen atoms in total. The second-order valence-electron chi connectivity index (χ2n) is 6.82. The van der Waals surface area contributed by atoms with Crippen LogP contribution >= 0.6 is 0 Å². The Morgan fingerprint density at radius 2 is 1.30 bits per heavy atom. The van der Waals surface area contributed by atoms with Crippen molar-refractivity contribution in [1.82, 2.24) is 0 Å². The summed E-state index contributed by atoms with van der Waals surface area (Å²) in [5, 5.41) is 33.5. The van der Waals surface area contributed by atoms with Gasteiger partial charge in [0, 0.05) is 12.8 Å². The normalized spacial score (nSPS) is 12.6. The first-order valence-corrected chi connectivity index (χ1v) is 10.2. The van der Waals surface area contributed by atoms with Crippen molar-refractivity contribution in [3.63, 3.8) is 0 Å². The summed E-state index contributed by atoms with van der Waals surface area (Å²) in [5.74, 6) is 0. The third-order valence-corrected chi connectivity index (χ3v) is 4.42. The Morgan fingerprint density at radius 1 is 0.767 bits per heavy atom. The third-order valence-electron chi connectivity index (χ3n) is 4.42. The van der Waals surface area contributed by atoms with Gasteiger partial charge in [-0.15, -0.1) is 0 Å². The molecule has 0 fully saturated rings. The molecule has 0 heterocycles. The molecule has 0 aliphatic rings. The summed E-state index contributed by atoms with van der Waals surface area (Å²) in [4.78, 5) is 41.8. The van der Waals surface area contributed by atoms with Crippen molar-refractivity contribution >= 4 is 6.29 Å². The molecule has 0 aromatic heterocycles. The second kappa shape index (κ2) is 17.0. The molecule has 0 amide bonds. The Bertz CT molecular complexity index is 669. The van der Waals surface area contributed by atoms with E-state index in [0.717, 1.165) is 32.1 Å². The molecular formula is C20H30N3O7. The number of allylic oxidation sites excluding steroid dienone is 4. The number of hydrogen-bond acceptors (Lipinski definition) is 7. The summed E-state index contributed by atoms with van der Waals surface area (Å²) in [6.45, 7) is 2.11. The lowest BCUT2D eigenvalue weighted by atomic mass is 10.1. The van der Waals surface area contributed by atoms with E-state index in [1.807, 2.05) is 0 Å². The van der Waals surface area contributed by atoms with Gasteiger partial charge in [-0.2, -0.15) is 0 Å². The van der Waals surface area contributed by atoms with Crippen LogP contribution in [0, 0.1) is 30.3 Å². The van der Waals surface area contributed by atoms with Crippen molar-refractivity contribution in [2.24, 2.45) is 0 Å². The van der Waals surface area contributed by atoms with Crippen LogP contribution in [-0.4, -0.2) is 21.1 Å². The molecule has 0 aromatic carbocycles. The van der Waals surface area contributed by atoms with E-state index in [1.165, 1.54) is 18.2 Å². The van der Waals surface area contributed by atoms with Crippen molar-refractivity contribution in [2.45, 2.75) is 84.0 Å². The van der Waals surface area contributed by atoms with Crippen LogP contribution in [0.15, 0.2) is 35.3 Å². The van der Waals surface area contributed by atoms with Crippen LogP contribution in [0.1, 0.15) is 84.0 Å². The first-order valence-electron chi connectivity index (χ1n) is 10.2. The standard InChI is InChI=1S/C20H30N3O7/c1-2-3-4-5-6-8-12-18(21(25)26)14-11-15-20(23(29)30)17-19(22(27)28)13-9-7-10-16-24/h13-15H,2-12,17H2,1H3/b18-14+,19-13+,20-15+. The molecule has 10 heteroatoms. The predicted molar refractivity (Wildman–Crippen MR) is 112 cm³/mol. The van der Waals surface area contributed by atoms with Crippen LogP contribution in [-0.2, 0) is 4.79 Å². The Hall–Kier alpha value is -2.91. The topological polar surface area (TPSA) is 146 Å². The molecule has 0 saturated heterocycles. The molecule has 0 N–H and O–H groups in total. The van der Waals surface area contributed by atoms with Crippen molar-refractivity contribution in [1.29, 1.82) is 0 Å². The zero-order valence-electron chi connectivity index (χ0n) is 17.4. The van der Waals surface area contributed by atoms with Gasteiger partial charge in [-0.1, -0.05) is 39.0 Å². The van der Waals surface area contributed by atoms with E-state index >= 15 is 0 Å². The van der Waals surface area contributed by atoms with E-state index in [0.29, 0.717) is 12.8 Å². The third kappa shape index (κ3) is 13.3. The predicted octanol–water partition coefficient (Wildman–Crippen LogP) is 5.28. The minimum Gasteiger partial charge on any atom is -0.291 e. The lowest BCUT2D eigenvalue weighted by Crippen LogP contribution is -2.06. The first kappa shape index (κ1) is 27.1. The highest BCUT2D eigenvalue weighted by Gasteiger charge is 2.21. The van der Waals surface area contributed by atoms with Crippen LogP contribution in [0.3, 0.4) is 0 Å². The minimum atomic E-state index is -0.718. The summed E-state index contributed by atoms with van der Waals surface area (Å²) in [5.41, 5.74) is -0.729. The van der Waals surface area contributed by atoms with Gasteiger partial charge in [0.2, 0.25) is 5.70 Å². The molecule has 0 aliphatic carbocycles. The molecule has 0 unspecified atom stereocenters. The SMILES string of the molecule is CCCCCCCC/C(=C\C/C=C(\C/C(=C\CCC[C]=O)[N+](=O)[O-])[N+](=O)[O-])[N+](=O)[O-]. The molecule has 1 radical (unpaired) electrons. The number of nitro groups is 3. The van der Waals surface area contributed by atoms with Gasteiger partial charge >= 0.3 is 0 Å². The zero-order valence-corrected chi connectivity index (χ0v) is 17.4. The summed E-state index contributed by atoms with van der Waals surface area (Å²) in [6.07, 6.45) is 11.8. The maximum Gasteiger partial charge on any atom is 0.253 e. The molecule has 0 rings (SSSR count). The molecule has 0 atom stereocenters. The Labute approximate surface area is 176 Å². The monoisotopic (exact) mass is 424 g/mol. The number of rotatable bonds is 18.